The Balaban J connectivity index is 1.67. The van der Waals surface area contributed by atoms with Crippen molar-refractivity contribution in [3.8, 4) is 0 Å². The zero-order valence-corrected chi connectivity index (χ0v) is 10.2. The number of ether oxygens (including phenoxy) is 2. The molecule has 2 rings (SSSR count). The summed E-state index contributed by atoms with van der Waals surface area (Å²) in [5.41, 5.74) is 0. The molecule has 4 unspecified atom stereocenters. The molecule has 0 amide bonds. The fourth-order valence-corrected chi connectivity index (χ4v) is 2.52. The minimum absolute atomic E-state index is 0.0502. The first-order valence-electron chi connectivity index (χ1n) is 6.38. The van der Waals surface area contributed by atoms with Gasteiger partial charge in [-0.25, -0.2) is 4.79 Å². The smallest absolute Gasteiger partial charge is 0.332 e. The van der Waals surface area contributed by atoms with Gasteiger partial charge in [-0.1, -0.05) is 0 Å². The second-order valence-electron chi connectivity index (χ2n) is 4.97. The minimum Gasteiger partial charge on any atom is -0.479 e. The van der Waals surface area contributed by atoms with Crippen molar-refractivity contribution in [2.75, 3.05) is 13.2 Å². The van der Waals surface area contributed by atoms with Crippen LogP contribution in [0.25, 0.3) is 0 Å². The van der Waals surface area contributed by atoms with Crippen LogP contribution in [0.4, 0.5) is 0 Å². The summed E-state index contributed by atoms with van der Waals surface area (Å²) in [5, 5.41) is 12.3. The molecule has 0 spiro atoms. The molecule has 0 saturated carbocycles. The summed E-state index contributed by atoms with van der Waals surface area (Å²) in [7, 11) is 0. The third-order valence-corrected chi connectivity index (χ3v) is 3.50. The van der Waals surface area contributed by atoms with Gasteiger partial charge in [-0.3, -0.25) is 0 Å². The number of nitrogens with one attached hydrogen (secondary N) is 1. The summed E-state index contributed by atoms with van der Waals surface area (Å²) in [6, 6.07) is 0.478. The molecule has 0 aliphatic carbocycles. The summed E-state index contributed by atoms with van der Waals surface area (Å²) in [5.74, 6) is -0.841. The number of carbonyl (C=O) groups is 1. The maximum Gasteiger partial charge on any atom is 0.332 e. The largest absolute Gasteiger partial charge is 0.479 e. The number of aliphatic carboxylic acids is 1. The van der Waals surface area contributed by atoms with Crippen molar-refractivity contribution in [1.82, 2.24) is 5.32 Å². The van der Waals surface area contributed by atoms with E-state index < -0.39 is 12.1 Å². The highest BCUT2D eigenvalue weighted by atomic mass is 16.5. The molecule has 17 heavy (non-hydrogen) atoms. The fourth-order valence-electron chi connectivity index (χ4n) is 2.52. The Hall–Kier alpha value is -0.650. The predicted octanol–water partition coefficient (Wildman–Crippen LogP) is 0.776. The molecule has 0 aromatic rings. The lowest BCUT2D eigenvalue weighted by Gasteiger charge is -2.28. The number of carboxylic acid groups (broad SMARTS) is 1. The van der Waals surface area contributed by atoms with Crippen molar-refractivity contribution in [2.24, 2.45) is 0 Å². The monoisotopic (exact) mass is 243 g/mol. The molecule has 4 atom stereocenters. The van der Waals surface area contributed by atoms with Crippen molar-refractivity contribution in [1.29, 1.82) is 0 Å². The molecule has 2 aliphatic rings. The molecule has 2 aliphatic heterocycles. The van der Waals surface area contributed by atoms with Crippen molar-refractivity contribution in [3.63, 3.8) is 0 Å². The van der Waals surface area contributed by atoms with E-state index in [1.165, 1.54) is 0 Å². The highest BCUT2D eigenvalue weighted by Gasteiger charge is 2.30. The Morgan fingerprint density at radius 1 is 1.41 bits per heavy atom. The van der Waals surface area contributed by atoms with E-state index in [0.29, 0.717) is 18.6 Å². The van der Waals surface area contributed by atoms with Crippen LogP contribution in [-0.4, -0.2) is 48.6 Å². The van der Waals surface area contributed by atoms with Crippen LogP contribution in [0.3, 0.4) is 0 Å². The van der Waals surface area contributed by atoms with Gasteiger partial charge in [0.05, 0.1) is 12.2 Å². The lowest BCUT2D eigenvalue weighted by atomic mass is 10.0. The highest BCUT2D eigenvalue weighted by Crippen LogP contribution is 2.20. The number of rotatable bonds is 4. The first kappa shape index (κ1) is 12.8. The molecule has 0 aromatic carbocycles. The Kier molecular flexibility index (Phi) is 4.36. The van der Waals surface area contributed by atoms with Crippen molar-refractivity contribution in [2.45, 2.75) is 57.0 Å². The van der Waals surface area contributed by atoms with Gasteiger partial charge in [-0.2, -0.15) is 0 Å². The fraction of sp³-hybridized carbons (Fsp3) is 0.917. The molecule has 2 heterocycles. The van der Waals surface area contributed by atoms with Crippen LogP contribution in [0, 0.1) is 0 Å². The van der Waals surface area contributed by atoms with Crippen LogP contribution < -0.4 is 5.32 Å². The normalized spacial score (nSPS) is 38.2. The lowest BCUT2D eigenvalue weighted by molar-refractivity contribution is -0.149. The Morgan fingerprint density at radius 2 is 2.24 bits per heavy atom. The second kappa shape index (κ2) is 5.80. The van der Waals surface area contributed by atoms with E-state index in [-0.39, 0.29) is 6.10 Å². The van der Waals surface area contributed by atoms with Gasteiger partial charge in [0.25, 0.3) is 0 Å². The topological polar surface area (TPSA) is 67.8 Å². The van der Waals surface area contributed by atoms with Crippen LogP contribution in [0.5, 0.6) is 0 Å². The van der Waals surface area contributed by atoms with Gasteiger partial charge < -0.3 is 19.9 Å². The van der Waals surface area contributed by atoms with Gasteiger partial charge in [-0.15, -0.1) is 0 Å². The summed E-state index contributed by atoms with van der Waals surface area (Å²) in [6.07, 6.45) is 3.28. The number of hydrogen-bond donors (Lipinski definition) is 2. The summed E-state index contributed by atoms with van der Waals surface area (Å²) >= 11 is 0. The van der Waals surface area contributed by atoms with Gasteiger partial charge in [-0.05, 0) is 32.6 Å². The maximum atomic E-state index is 10.7. The van der Waals surface area contributed by atoms with E-state index in [1.807, 2.05) is 0 Å². The molecule has 98 valence electrons. The predicted molar refractivity (Wildman–Crippen MR) is 62.0 cm³/mol. The molecule has 0 aromatic heterocycles. The number of carboxylic acids is 1. The van der Waals surface area contributed by atoms with Crippen molar-refractivity contribution in [3.05, 3.63) is 0 Å². The average molecular weight is 243 g/mol. The summed E-state index contributed by atoms with van der Waals surface area (Å²) in [4.78, 5) is 10.7. The van der Waals surface area contributed by atoms with E-state index >= 15 is 0 Å². The summed E-state index contributed by atoms with van der Waals surface area (Å²) in [6.45, 7) is 3.64. The Morgan fingerprint density at radius 3 is 2.88 bits per heavy atom. The standard InChI is InChI=1S/C12H21NO4/c1-8-6-9(4-5-16-8)13-7-10-2-3-11(17-10)12(14)15/h8-11,13H,2-7H2,1H3,(H,14,15). The minimum atomic E-state index is -0.841. The molecule has 0 bridgehead atoms. The molecular weight excluding hydrogens is 222 g/mol. The third-order valence-electron chi connectivity index (χ3n) is 3.50. The Bertz CT molecular complexity index is 271. The third kappa shape index (κ3) is 3.66. The van der Waals surface area contributed by atoms with Crippen molar-refractivity contribution >= 4 is 5.97 Å². The van der Waals surface area contributed by atoms with Gasteiger partial charge >= 0.3 is 5.97 Å². The van der Waals surface area contributed by atoms with E-state index in [1.54, 1.807) is 0 Å². The molecule has 2 fully saturated rings. The van der Waals surface area contributed by atoms with Crippen LogP contribution in [0.15, 0.2) is 0 Å². The maximum absolute atomic E-state index is 10.7. The van der Waals surface area contributed by atoms with Gasteiger partial charge in [0, 0.05) is 19.2 Å². The van der Waals surface area contributed by atoms with Crippen LogP contribution in [0.1, 0.15) is 32.6 Å². The van der Waals surface area contributed by atoms with Crippen LogP contribution in [-0.2, 0) is 14.3 Å². The van der Waals surface area contributed by atoms with Crippen LogP contribution in [0.2, 0.25) is 0 Å². The first-order chi connectivity index (χ1) is 8.15. The van der Waals surface area contributed by atoms with Crippen molar-refractivity contribution < 1.29 is 19.4 Å². The second-order valence-corrected chi connectivity index (χ2v) is 4.97. The molecule has 5 heteroatoms. The van der Waals surface area contributed by atoms with E-state index in [4.69, 9.17) is 14.6 Å². The first-order valence-corrected chi connectivity index (χ1v) is 6.38. The van der Waals surface area contributed by atoms with Gasteiger partial charge in [0.2, 0.25) is 0 Å². The quantitative estimate of drug-likeness (QED) is 0.763. The molecule has 5 nitrogen and oxygen atoms in total. The molecule has 0 radical (unpaired) electrons. The zero-order chi connectivity index (χ0) is 12.3. The van der Waals surface area contributed by atoms with E-state index in [9.17, 15) is 4.79 Å². The summed E-state index contributed by atoms with van der Waals surface area (Å²) < 4.78 is 10.9. The Labute approximate surface area is 101 Å². The van der Waals surface area contributed by atoms with Crippen LogP contribution >= 0.6 is 0 Å². The van der Waals surface area contributed by atoms with E-state index in [2.05, 4.69) is 12.2 Å². The SMILES string of the molecule is CC1CC(NCC2CCC(C(=O)O)O2)CCO1. The molecular formula is C12H21NO4. The molecule has 2 saturated heterocycles. The van der Waals surface area contributed by atoms with E-state index in [0.717, 1.165) is 32.4 Å². The van der Waals surface area contributed by atoms with Gasteiger partial charge in [0.1, 0.15) is 0 Å². The number of hydrogen-bond acceptors (Lipinski definition) is 4. The lowest BCUT2D eigenvalue weighted by Crippen LogP contribution is -2.41. The zero-order valence-electron chi connectivity index (χ0n) is 10.2. The molecule has 2 N–H and O–H groups in total. The highest BCUT2D eigenvalue weighted by molar-refractivity contribution is 5.72. The average Bonchev–Trinajstić information content (AvgIpc) is 2.75. The van der Waals surface area contributed by atoms with Gasteiger partial charge in [0.15, 0.2) is 6.10 Å².